The van der Waals surface area contributed by atoms with Gasteiger partial charge in [-0.3, -0.25) is 0 Å². The molecule has 0 radical (unpaired) electrons. The highest BCUT2D eigenvalue weighted by Gasteiger charge is 2.31. The van der Waals surface area contributed by atoms with Crippen molar-refractivity contribution in [1.82, 2.24) is 5.32 Å². The SMILES string of the molecule is C/C=C/CNC1(CCl)CCCC1. The first-order valence-corrected chi connectivity index (χ1v) is 5.28. The lowest BCUT2D eigenvalue weighted by molar-refractivity contribution is 0.388. The van der Waals surface area contributed by atoms with Gasteiger partial charge in [-0.2, -0.15) is 0 Å². The van der Waals surface area contributed by atoms with Crippen LogP contribution in [-0.4, -0.2) is 18.0 Å². The van der Waals surface area contributed by atoms with E-state index in [0.29, 0.717) is 0 Å². The summed E-state index contributed by atoms with van der Waals surface area (Å²) in [6.45, 7) is 3.01. The second-order valence-corrected chi connectivity index (χ2v) is 3.84. The topological polar surface area (TPSA) is 12.0 Å². The summed E-state index contributed by atoms with van der Waals surface area (Å²) in [6.07, 6.45) is 9.36. The normalized spacial score (nSPS) is 22.2. The van der Waals surface area contributed by atoms with E-state index in [1.54, 1.807) is 0 Å². The number of hydrogen-bond donors (Lipinski definition) is 1. The van der Waals surface area contributed by atoms with Crippen LogP contribution in [0.15, 0.2) is 12.2 Å². The third-order valence-electron chi connectivity index (χ3n) is 2.65. The number of rotatable bonds is 4. The zero-order valence-electron chi connectivity index (χ0n) is 7.78. The Balaban J connectivity index is 2.33. The Kier molecular flexibility index (Phi) is 4.10. The Morgan fingerprint density at radius 3 is 2.58 bits per heavy atom. The molecule has 1 rings (SSSR count). The van der Waals surface area contributed by atoms with Crippen molar-refractivity contribution >= 4 is 11.6 Å². The Labute approximate surface area is 80.2 Å². The number of hydrogen-bond acceptors (Lipinski definition) is 1. The third kappa shape index (κ3) is 2.49. The summed E-state index contributed by atoms with van der Waals surface area (Å²) in [7, 11) is 0. The zero-order chi connectivity index (χ0) is 8.86. The average molecular weight is 188 g/mol. The number of halogens is 1. The molecule has 2 heteroatoms. The van der Waals surface area contributed by atoms with Crippen molar-refractivity contribution in [1.29, 1.82) is 0 Å². The van der Waals surface area contributed by atoms with Gasteiger partial charge in [0.25, 0.3) is 0 Å². The van der Waals surface area contributed by atoms with Crippen LogP contribution < -0.4 is 5.32 Å². The minimum absolute atomic E-state index is 0.251. The van der Waals surface area contributed by atoms with Gasteiger partial charge in [0.2, 0.25) is 0 Å². The second-order valence-electron chi connectivity index (χ2n) is 3.57. The van der Waals surface area contributed by atoms with E-state index >= 15 is 0 Å². The largest absolute Gasteiger partial charge is 0.307 e. The van der Waals surface area contributed by atoms with Gasteiger partial charge in [0, 0.05) is 18.0 Å². The van der Waals surface area contributed by atoms with Crippen LogP contribution in [0.1, 0.15) is 32.6 Å². The average Bonchev–Trinajstić information content (AvgIpc) is 2.55. The molecular weight excluding hydrogens is 170 g/mol. The van der Waals surface area contributed by atoms with Gasteiger partial charge in [0.05, 0.1) is 0 Å². The van der Waals surface area contributed by atoms with Crippen molar-refractivity contribution in [3.63, 3.8) is 0 Å². The van der Waals surface area contributed by atoms with E-state index in [1.165, 1.54) is 25.7 Å². The molecular formula is C10H18ClN. The van der Waals surface area contributed by atoms with Gasteiger partial charge in [-0.1, -0.05) is 25.0 Å². The first-order chi connectivity index (χ1) is 5.83. The monoisotopic (exact) mass is 187 g/mol. The minimum atomic E-state index is 0.251. The standard InChI is InChI=1S/C10H18ClN/c1-2-3-8-12-10(9-11)6-4-5-7-10/h2-3,12H,4-9H2,1H3/b3-2+. The smallest absolute Gasteiger partial charge is 0.0406 e. The predicted octanol–water partition coefficient (Wildman–Crippen LogP) is 2.70. The summed E-state index contributed by atoms with van der Waals surface area (Å²) in [6, 6.07) is 0. The summed E-state index contributed by atoms with van der Waals surface area (Å²) in [5, 5.41) is 3.53. The molecule has 0 aromatic heterocycles. The molecule has 0 aromatic rings. The molecule has 1 aliphatic carbocycles. The summed E-state index contributed by atoms with van der Waals surface area (Å²) >= 11 is 5.96. The molecule has 0 aliphatic heterocycles. The minimum Gasteiger partial charge on any atom is -0.307 e. The van der Waals surface area contributed by atoms with Gasteiger partial charge >= 0.3 is 0 Å². The summed E-state index contributed by atoms with van der Waals surface area (Å²) in [4.78, 5) is 0. The fraction of sp³-hybridized carbons (Fsp3) is 0.800. The van der Waals surface area contributed by atoms with Crippen LogP contribution >= 0.6 is 11.6 Å². The molecule has 1 fully saturated rings. The highest BCUT2D eigenvalue weighted by atomic mass is 35.5. The second kappa shape index (κ2) is 4.88. The highest BCUT2D eigenvalue weighted by molar-refractivity contribution is 6.18. The molecule has 0 atom stereocenters. The molecule has 12 heavy (non-hydrogen) atoms. The summed E-state index contributed by atoms with van der Waals surface area (Å²) < 4.78 is 0. The van der Waals surface area contributed by atoms with Crippen molar-refractivity contribution in [3.8, 4) is 0 Å². The Morgan fingerprint density at radius 2 is 2.08 bits per heavy atom. The van der Waals surface area contributed by atoms with Gasteiger partial charge < -0.3 is 5.32 Å². The first-order valence-electron chi connectivity index (χ1n) is 4.75. The molecule has 0 amide bonds. The van der Waals surface area contributed by atoms with Crippen LogP contribution in [0.3, 0.4) is 0 Å². The van der Waals surface area contributed by atoms with E-state index in [4.69, 9.17) is 11.6 Å². The lowest BCUT2D eigenvalue weighted by Gasteiger charge is -2.27. The maximum Gasteiger partial charge on any atom is 0.0406 e. The summed E-state index contributed by atoms with van der Waals surface area (Å²) in [5.74, 6) is 0.755. The molecule has 0 heterocycles. The van der Waals surface area contributed by atoms with Crippen LogP contribution in [0.4, 0.5) is 0 Å². The van der Waals surface area contributed by atoms with Crippen molar-refractivity contribution in [2.45, 2.75) is 38.1 Å². The predicted molar refractivity (Wildman–Crippen MR) is 54.7 cm³/mol. The van der Waals surface area contributed by atoms with Gasteiger partial charge in [-0.05, 0) is 19.8 Å². The zero-order valence-corrected chi connectivity index (χ0v) is 8.53. The van der Waals surface area contributed by atoms with Crippen molar-refractivity contribution < 1.29 is 0 Å². The van der Waals surface area contributed by atoms with Crippen molar-refractivity contribution in [2.75, 3.05) is 12.4 Å². The van der Waals surface area contributed by atoms with Gasteiger partial charge in [-0.15, -0.1) is 11.6 Å². The van der Waals surface area contributed by atoms with Crippen LogP contribution in [0, 0.1) is 0 Å². The molecule has 1 N–H and O–H groups in total. The molecule has 0 spiro atoms. The lowest BCUT2D eigenvalue weighted by atomic mass is 10.0. The molecule has 1 nitrogen and oxygen atoms in total. The molecule has 1 aliphatic rings. The molecule has 0 saturated heterocycles. The highest BCUT2D eigenvalue weighted by Crippen LogP contribution is 2.30. The van der Waals surface area contributed by atoms with E-state index < -0.39 is 0 Å². The Bertz CT molecular complexity index is 148. The Hall–Kier alpha value is -0.0100. The van der Waals surface area contributed by atoms with Crippen molar-refractivity contribution in [2.24, 2.45) is 0 Å². The third-order valence-corrected chi connectivity index (χ3v) is 3.16. The Morgan fingerprint density at radius 1 is 1.42 bits per heavy atom. The quantitative estimate of drug-likeness (QED) is 0.527. The lowest BCUT2D eigenvalue weighted by Crippen LogP contribution is -2.44. The van der Waals surface area contributed by atoms with Gasteiger partial charge in [0.15, 0.2) is 0 Å². The van der Waals surface area contributed by atoms with E-state index in [-0.39, 0.29) is 5.54 Å². The molecule has 0 aromatic carbocycles. The maximum absolute atomic E-state index is 5.96. The van der Waals surface area contributed by atoms with Crippen molar-refractivity contribution in [3.05, 3.63) is 12.2 Å². The van der Waals surface area contributed by atoms with Crippen LogP contribution in [-0.2, 0) is 0 Å². The van der Waals surface area contributed by atoms with Crippen LogP contribution in [0.2, 0.25) is 0 Å². The van der Waals surface area contributed by atoms with E-state index in [1.807, 2.05) is 6.92 Å². The van der Waals surface area contributed by atoms with E-state index in [0.717, 1.165) is 12.4 Å². The molecule has 70 valence electrons. The fourth-order valence-electron chi connectivity index (χ4n) is 1.80. The van der Waals surface area contributed by atoms with E-state index in [2.05, 4.69) is 17.5 Å². The summed E-state index contributed by atoms with van der Waals surface area (Å²) in [5.41, 5.74) is 0.251. The number of nitrogens with one attached hydrogen (secondary N) is 1. The van der Waals surface area contributed by atoms with Crippen LogP contribution in [0.25, 0.3) is 0 Å². The molecule has 0 unspecified atom stereocenters. The number of alkyl halides is 1. The first kappa shape index (κ1) is 10.1. The van der Waals surface area contributed by atoms with E-state index in [9.17, 15) is 0 Å². The number of allylic oxidation sites excluding steroid dienone is 1. The molecule has 1 saturated carbocycles. The fourth-order valence-corrected chi connectivity index (χ4v) is 2.16. The van der Waals surface area contributed by atoms with Crippen LogP contribution in [0.5, 0.6) is 0 Å². The van der Waals surface area contributed by atoms with Gasteiger partial charge in [-0.25, -0.2) is 0 Å². The van der Waals surface area contributed by atoms with Gasteiger partial charge in [0.1, 0.15) is 0 Å². The molecule has 0 bridgehead atoms. The maximum atomic E-state index is 5.96.